The molecule has 1 heterocycles. The molecule has 3 aromatic rings. The number of nitrogens with one attached hydrogen (secondary N) is 3. The molecule has 0 spiro atoms. The van der Waals surface area contributed by atoms with Crippen molar-refractivity contribution < 1.29 is 14.4 Å². The molecule has 0 aliphatic carbocycles. The number of carbonyl (C=O) groups is 3. The summed E-state index contributed by atoms with van der Waals surface area (Å²) in [7, 11) is 0. The van der Waals surface area contributed by atoms with E-state index < -0.39 is 23.4 Å². The van der Waals surface area contributed by atoms with Crippen LogP contribution in [0.15, 0.2) is 72.8 Å². The van der Waals surface area contributed by atoms with E-state index in [1.54, 1.807) is 31.2 Å². The third kappa shape index (κ3) is 3.87. The predicted molar refractivity (Wildman–Crippen MR) is 118 cm³/mol. The molecule has 3 aromatic carbocycles. The second-order valence-corrected chi connectivity index (χ2v) is 7.77. The molecule has 1 aliphatic rings. The van der Waals surface area contributed by atoms with Gasteiger partial charge < -0.3 is 10.6 Å². The van der Waals surface area contributed by atoms with Crippen LogP contribution in [0.3, 0.4) is 0 Å². The summed E-state index contributed by atoms with van der Waals surface area (Å²) >= 11 is 0. The van der Waals surface area contributed by atoms with Gasteiger partial charge in [-0.15, -0.1) is 0 Å². The first-order chi connectivity index (χ1) is 14.9. The SMILES string of the molecule is C[C@@H](NCC(=O)NN1C(=O)N[C@](C)(c2ccccc2)C1=O)c1cccc2ccccc12. The number of rotatable bonds is 6. The molecule has 3 N–H and O–H groups in total. The van der Waals surface area contributed by atoms with Crippen LogP contribution in [0.1, 0.15) is 31.0 Å². The molecule has 0 saturated carbocycles. The van der Waals surface area contributed by atoms with Crippen molar-refractivity contribution in [2.45, 2.75) is 25.4 Å². The number of imide groups is 1. The highest BCUT2D eigenvalue weighted by Gasteiger charge is 2.49. The number of benzene rings is 3. The molecule has 4 rings (SSSR count). The number of hydrazine groups is 1. The van der Waals surface area contributed by atoms with Gasteiger partial charge in [-0.25, -0.2) is 4.79 Å². The minimum atomic E-state index is -1.23. The van der Waals surface area contributed by atoms with E-state index in [1.165, 1.54) is 0 Å². The Morgan fingerprint density at radius 1 is 1.00 bits per heavy atom. The summed E-state index contributed by atoms with van der Waals surface area (Å²) in [4.78, 5) is 37.8. The van der Waals surface area contributed by atoms with Crippen LogP contribution >= 0.6 is 0 Å². The van der Waals surface area contributed by atoms with E-state index in [1.807, 2.05) is 55.5 Å². The zero-order chi connectivity index (χ0) is 22.0. The highest BCUT2D eigenvalue weighted by atomic mass is 16.2. The normalized spacial score (nSPS) is 19.4. The maximum absolute atomic E-state index is 12.9. The first kappa shape index (κ1) is 20.6. The van der Waals surface area contributed by atoms with Gasteiger partial charge in [0, 0.05) is 6.04 Å². The average Bonchev–Trinajstić information content (AvgIpc) is 3.01. The molecular formula is C24H24N4O3. The highest BCUT2D eigenvalue weighted by Crippen LogP contribution is 2.27. The van der Waals surface area contributed by atoms with Crippen LogP contribution in [-0.4, -0.2) is 29.4 Å². The Balaban J connectivity index is 1.41. The number of amides is 4. The molecule has 0 radical (unpaired) electrons. The fourth-order valence-corrected chi connectivity index (χ4v) is 3.86. The number of hydrogen-bond acceptors (Lipinski definition) is 4. The Bertz CT molecular complexity index is 1140. The summed E-state index contributed by atoms with van der Waals surface area (Å²) in [5.74, 6) is -1.01. The van der Waals surface area contributed by atoms with Gasteiger partial charge in [0.15, 0.2) is 0 Å². The number of carbonyl (C=O) groups excluding carboxylic acids is 3. The lowest BCUT2D eigenvalue weighted by Crippen LogP contribution is -2.50. The molecule has 2 atom stereocenters. The van der Waals surface area contributed by atoms with Gasteiger partial charge in [0.25, 0.3) is 11.8 Å². The standard InChI is InChI=1S/C24H24N4O3/c1-16(19-14-8-10-17-9-6-7-13-20(17)19)25-15-21(29)27-28-22(30)24(2,26-23(28)31)18-11-4-3-5-12-18/h3-14,16,25H,15H2,1-2H3,(H,26,31)(H,27,29)/t16-,24-/m1/s1. The van der Waals surface area contributed by atoms with Gasteiger partial charge in [0.2, 0.25) is 0 Å². The van der Waals surface area contributed by atoms with Crippen LogP contribution in [-0.2, 0) is 15.1 Å². The van der Waals surface area contributed by atoms with Crippen molar-refractivity contribution >= 4 is 28.6 Å². The van der Waals surface area contributed by atoms with Crippen molar-refractivity contribution in [3.05, 3.63) is 83.9 Å². The van der Waals surface area contributed by atoms with Crippen molar-refractivity contribution in [2.75, 3.05) is 6.54 Å². The molecular weight excluding hydrogens is 392 g/mol. The number of hydrogen-bond donors (Lipinski definition) is 3. The van der Waals surface area contributed by atoms with E-state index in [0.29, 0.717) is 5.56 Å². The first-order valence-corrected chi connectivity index (χ1v) is 10.1. The van der Waals surface area contributed by atoms with Crippen molar-refractivity contribution in [3.8, 4) is 0 Å². The van der Waals surface area contributed by atoms with E-state index in [0.717, 1.165) is 21.3 Å². The summed E-state index contributed by atoms with van der Waals surface area (Å²) in [6, 6.07) is 22.3. The maximum atomic E-state index is 12.9. The van der Waals surface area contributed by atoms with Crippen molar-refractivity contribution in [1.82, 2.24) is 21.1 Å². The van der Waals surface area contributed by atoms with Crippen LogP contribution < -0.4 is 16.1 Å². The molecule has 0 unspecified atom stereocenters. The zero-order valence-corrected chi connectivity index (χ0v) is 17.4. The van der Waals surface area contributed by atoms with Gasteiger partial charge in [-0.3, -0.25) is 15.0 Å². The molecule has 0 bridgehead atoms. The van der Waals surface area contributed by atoms with E-state index in [9.17, 15) is 14.4 Å². The van der Waals surface area contributed by atoms with Crippen LogP contribution in [0, 0.1) is 0 Å². The van der Waals surface area contributed by atoms with Gasteiger partial charge in [-0.1, -0.05) is 72.8 Å². The summed E-state index contributed by atoms with van der Waals surface area (Å²) in [6.45, 7) is 3.54. The fourth-order valence-electron chi connectivity index (χ4n) is 3.86. The Kier molecular flexibility index (Phi) is 5.44. The van der Waals surface area contributed by atoms with Gasteiger partial charge in [0.1, 0.15) is 5.54 Å². The van der Waals surface area contributed by atoms with Crippen LogP contribution in [0.25, 0.3) is 10.8 Å². The Morgan fingerprint density at radius 3 is 2.45 bits per heavy atom. The quantitative estimate of drug-likeness (QED) is 0.539. The third-order valence-electron chi connectivity index (χ3n) is 5.64. The van der Waals surface area contributed by atoms with Gasteiger partial charge in [-0.2, -0.15) is 5.01 Å². The molecule has 7 heteroatoms. The molecule has 1 saturated heterocycles. The molecule has 4 amide bonds. The van der Waals surface area contributed by atoms with Crippen LogP contribution in [0.5, 0.6) is 0 Å². The maximum Gasteiger partial charge on any atom is 0.344 e. The molecule has 158 valence electrons. The van der Waals surface area contributed by atoms with E-state index in [4.69, 9.17) is 0 Å². The van der Waals surface area contributed by atoms with Crippen LogP contribution in [0.2, 0.25) is 0 Å². The second-order valence-electron chi connectivity index (χ2n) is 7.77. The number of urea groups is 1. The van der Waals surface area contributed by atoms with Gasteiger partial charge >= 0.3 is 6.03 Å². The minimum Gasteiger partial charge on any atom is -0.318 e. The van der Waals surface area contributed by atoms with Crippen LogP contribution in [0.4, 0.5) is 4.79 Å². The summed E-state index contributed by atoms with van der Waals surface area (Å²) in [5.41, 5.74) is 2.90. The average molecular weight is 416 g/mol. The third-order valence-corrected chi connectivity index (χ3v) is 5.64. The summed E-state index contributed by atoms with van der Waals surface area (Å²) in [6.07, 6.45) is 0. The lowest BCUT2D eigenvalue weighted by atomic mass is 9.92. The van der Waals surface area contributed by atoms with E-state index in [2.05, 4.69) is 16.1 Å². The zero-order valence-electron chi connectivity index (χ0n) is 17.4. The summed E-state index contributed by atoms with van der Waals surface area (Å²) in [5, 5.41) is 8.81. The molecule has 7 nitrogen and oxygen atoms in total. The van der Waals surface area contributed by atoms with Crippen molar-refractivity contribution in [1.29, 1.82) is 0 Å². The molecule has 1 fully saturated rings. The van der Waals surface area contributed by atoms with Crippen molar-refractivity contribution in [2.24, 2.45) is 0 Å². The van der Waals surface area contributed by atoms with E-state index >= 15 is 0 Å². The number of nitrogens with zero attached hydrogens (tertiary/aromatic N) is 1. The van der Waals surface area contributed by atoms with Gasteiger partial charge in [-0.05, 0) is 35.7 Å². The Hall–Kier alpha value is -3.71. The lowest BCUT2D eigenvalue weighted by Gasteiger charge is -2.22. The molecule has 31 heavy (non-hydrogen) atoms. The predicted octanol–water partition coefficient (Wildman–Crippen LogP) is 2.99. The lowest BCUT2D eigenvalue weighted by molar-refractivity contribution is -0.138. The second kappa shape index (κ2) is 8.20. The largest absolute Gasteiger partial charge is 0.344 e. The highest BCUT2D eigenvalue weighted by molar-refractivity contribution is 6.08. The smallest absolute Gasteiger partial charge is 0.318 e. The minimum absolute atomic E-state index is 0.0521. The van der Waals surface area contributed by atoms with Crippen molar-refractivity contribution in [3.63, 3.8) is 0 Å². The number of fused-ring (bicyclic) bond motifs is 1. The molecule has 1 aliphatic heterocycles. The van der Waals surface area contributed by atoms with Gasteiger partial charge in [0.05, 0.1) is 6.54 Å². The fraction of sp³-hybridized carbons (Fsp3) is 0.208. The van der Waals surface area contributed by atoms with E-state index in [-0.39, 0.29) is 12.6 Å². The Morgan fingerprint density at radius 2 is 1.68 bits per heavy atom. The Labute approximate surface area is 180 Å². The topological polar surface area (TPSA) is 90.5 Å². The first-order valence-electron chi connectivity index (χ1n) is 10.1. The summed E-state index contributed by atoms with van der Waals surface area (Å²) < 4.78 is 0. The molecule has 0 aromatic heterocycles. The monoisotopic (exact) mass is 416 g/mol.